The molecule has 1 spiro atoms. The summed E-state index contributed by atoms with van der Waals surface area (Å²) in [4.78, 5) is 45.9. The molecule has 2 aliphatic heterocycles. The van der Waals surface area contributed by atoms with Crippen molar-refractivity contribution in [2.24, 2.45) is 5.41 Å². The molecule has 9 nitrogen and oxygen atoms in total. The van der Waals surface area contributed by atoms with Crippen molar-refractivity contribution in [3.8, 4) is 11.8 Å². The highest BCUT2D eigenvalue weighted by Gasteiger charge is 2.54. The number of nitriles is 1. The number of alkyl halides is 3. The Morgan fingerprint density at radius 1 is 1.23 bits per heavy atom. The number of anilines is 1. The number of nitrogens with one attached hydrogen (secondary N) is 1. The van der Waals surface area contributed by atoms with E-state index in [4.69, 9.17) is 34.8 Å². The molecule has 1 saturated heterocycles. The van der Waals surface area contributed by atoms with Crippen LogP contribution < -0.4 is 10.5 Å². The molecule has 1 atom stereocenters. The molecule has 3 aromatic rings. The number of aromatic hydroxyl groups is 1. The van der Waals surface area contributed by atoms with E-state index in [0.29, 0.717) is 40.7 Å². The summed E-state index contributed by atoms with van der Waals surface area (Å²) >= 11 is 18.8. The molecular weight excluding hydrogens is 697 g/mol. The summed E-state index contributed by atoms with van der Waals surface area (Å²) in [5, 5.41) is 26.9. The van der Waals surface area contributed by atoms with Crippen molar-refractivity contribution in [1.29, 1.82) is 5.26 Å². The second kappa shape index (κ2) is 12.3. The number of fused-ring (bicyclic) bond motifs is 1. The highest BCUT2D eigenvalue weighted by atomic mass is 35.5. The number of amides is 2. The molecule has 3 N–H and O–H groups in total. The molecule has 6 rings (SSSR count). The maximum atomic E-state index is 14.3. The molecule has 0 radical (unpaired) electrons. The largest absolute Gasteiger partial charge is 0.505 e. The Bertz CT molecular complexity index is 1940. The number of hydrogen-bond acceptors (Lipinski definition) is 7. The summed E-state index contributed by atoms with van der Waals surface area (Å²) in [7, 11) is 0. The minimum atomic E-state index is -4.00. The van der Waals surface area contributed by atoms with Gasteiger partial charge in [-0.25, -0.2) is 0 Å². The minimum Gasteiger partial charge on any atom is -0.505 e. The van der Waals surface area contributed by atoms with Crippen LogP contribution in [0, 0.1) is 23.7 Å². The summed E-state index contributed by atoms with van der Waals surface area (Å²) in [5.74, 6) is -1.07. The molecular formula is C32H27Cl3F2N4O5S. The fourth-order valence-electron chi connectivity index (χ4n) is 6.56. The second-order valence-corrected chi connectivity index (χ2v) is 14.3. The monoisotopic (exact) mass is 722 g/mol. The van der Waals surface area contributed by atoms with Gasteiger partial charge in [-0.05, 0) is 84.7 Å². The first-order valence-electron chi connectivity index (χ1n) is 14.7. The topological polar surface area (TPSA) is 138 Å². The van der Waals surface area contributed by atoms with Gasteiger partial charge in [-0.2, -0.15) is 14.0 Å². The number of aromatic nitrogens is 1. The number of carbonyl (C=O) groups is 2. The van der Waals surface area contributed by atoms with Gasteiger partial charge in [0, 0.05) is 28.3 Å². The number of hydrogen-bond donors (Lipinski definition) is 3. The maximum Gasteiger partial charge on any atom is 0.362 e. The molecule has 3 heterocycles. The van der Waals surface area contributed by atoms with Crippen molar-refractivity contribution in [1.82, 2.24) is 9.88 Å². The highest BCUT2D eigenvalue weighted by Crippen LogP contribution is 2.55. The fraction of sp³-hybridized carbons (Fsp3) is 0.375. The van der Waals surface area contributed by atoms with Gasteiger partial charge < -0.3 is 25.0 Å². The first kappa shape index (κ1) is 33.6. The van der Waals surface area contributed by atoms with Crippen LogP contribution in [-0.2, 0) is 23.3 Å². The van der Waals surface area contributed by atoms with Crippen LogP contribution in [0.25, 0.3) is 0 Å². The quantitative estimate of drug-likeness (QED) is 0.220. The van der Waals surface area contributed by atoms with Crippen LogP contribution in [0.3, 0.4) is 0 Å². The number of carbonyl (C=O) groups excluding carboxylic acids is 2. The van der Waals surface area contributed by atoms with E-state index in [9.17, 15) is 38.6 Å². The number of H-pyrrole nitrogens is 1. The van der Waals surface area contributed by atoms with E-state index in [1.54, 1.807) is 17.9 Å². The van der Waals surface area contributed by atoms with Gasteiger partial charge in [0.05, 0.1) is 40.9 Å². The number of aliphatic hydroxyl groups is 1. The van der Waals surface area contributed by atoms with Crippen molar-refractivity contribution in [2.75, 3.05) is 11.4 Å². The van der Waals surface area contributed by atoms with E-state index < -0.39 is 46.2 Å². The van der Waals surface area contributed by atoms with E-state index in [0.717, 1.165) is 31.7 Å². The number of aliphatic hydroxyl groups excluding tert-OH is 1. The molecule has 1 aromatic heterocycles. The smallest absolute Gasteiger partial charge is 0.362 e. The molecule has 2 amide bonds. The number of piperidine rings is 1. The first-order chi connectivity index (χ1) is 22.2. The molecule has 1 aliphatic carbocycles. The molecule has 2 aromatic carbocycles. The molecule has 3 aliphatic rings. The zero-order valence-corrected chi connectivity index (χ0v) is 27.9. The summed E-state index contributed by atoms with van der Waals surface area (Å²) in [6, 6.07) is 6.55. The molecule has 246 valence electrons. The van der Waals surface area contributed by atoms with Gasteiger partial charge in [-0.3, -0.25) is 14.4 Å². The number of pyridine rings is 1. The van der Waals surface area contributed by atoms with Crippen LogP contribution in [0.15, 0.2) is 38.9 Å². The Kier molecular flexibility index (Phi) is 8.76. The van der Waals surface area contributed by atoms with Crippen LogP contribution >= 0.6 is 46.6 Å². The third-order valence-corrected chi connectivity index (χ3v) is 11.5. The molecule has 47 heavy (non-hydrogen) atoms. The lowest BCUT2D eigenvalue weighted by Gasteiger charge is -2.33. The molecule has 1 unspecified atom stereocenters. The fourth-order valence-corrected chi connectivity index (χ4v) is 8.39. The van der Waals surface area contributed by atoms with Gasteiger partial charge in [0.1, 0.15) is 17.0 Å². The van der Waals surface area contributed by atoms with E-state index >= 15 is 0 Å². The lowest BCUT2D eigenvalue weighted by Crippen LogP contribution is -2.42. The van der Waals surface area contributed by atoms with Crippen molar-refractivity contribution in [2.45, 2.75) is 73.4 Å². The molecule has 2 fully saturated rings. The summed E-state index contributed by atoms with van der Waals surface area (Å²) in [5.41, 5.74) is -1.01. The molecule has 0 bridgehead atoms. The van der Waals surface area contributed by atoms with Gasteiger partial charge >= 0.3 is 5.38 Å². The highest BCUT2D eigenvalue weighted by molar-refractivity contribution is 7.99. The van der Waals surface area contributed by atoms with E-state index in [2.05, 4.69) is 6.07 Å². The first-order valence-corrected chi connectivity index (χ1v) is 16.6. The van der Waals surface area contributed by atoms with E-state index in [1.165, 1.54) is 17.0 Å². The summed E-state index contributed by atoms with van der Waals surface area (Å²) < 4.78 is 28.6. The van der Waals surface area contributed by atoms with Gasteiger partial charge in [-0.15, -0.1) is 0 Å². The Hall–Kier alpha value is -3.34. The van der Waals surface area contributed by atoms with Gasteiger partial charge in [0.15, 0.2) is 0 Å². The number of benzene rings is 2. The van der Waals surface area contributed by atoms with Crippen LogP contribution in [0.5, 0.6) is 5.75 Å². The van der Waals surface area contributed by atoms with Crippen LogP contribution in [0.4, 0.5) is 14.5 Å². The lowest BCUT2D eigenvalue weighted by atomic mass is 9.91. The Balaban J connectivity index is 1.44. The predicted octanol–water partition coefficient (Wildman–Crippen LogP) is 7.15. The van der Waals surface area contributed by atoms with Gasteiger partial charge in [0.2, 0.25) is 5.91 Å². The zero-order valence-electron chi connectivity index (χ0n) is 24.8. The summed E-state index contributed by atoms with van der Waals surface area (Å²) in [6.45, 7) is 1.50. The average molecular weight is 724 g/mol. The molecule has 15 heteroatoms. The average Bonchev–Trinajstić information content (AvgIpc) is 3.70. The standard InChI is InChI=1S/C32H27Cl3F2N4O5S/c1-15-23-17(11-20(26(15)43)40-10-2-6-31(7-8-31)30(40)46)13-41(19(23)5-9-38)29(45)24-21(12-22(32(35,36)37)39-28(24)44)47-27-18(33)4-3-16(14-42)25(27)34/h3-4,11-12,19,42-43H,2,5-8,10,13-14H2,1H3,(H,39,44). The maximum absolute atomic E-state index is 14.3. The van der Waals surface area contributed by atoms with Crippen LogP contribution in [0.1, 0.15) is 76.5 Å². The Morgan fingerprint density at radius 2 is 1.96 bits per heavy atom. The summed E-state index contributed by atoms with van der Waals surface area (Å²) in [6.07, 6.45) is 2.95. The number of nitrogens with zero attached hydrogens (tertiary/aromatic N) is 3. The Morgan fingerprint density at radius 3 is 2.60 bits per heavy atom. The zero-order chi connectivity index (χ0) is 34.0. The van der Waals surface area contributed by atoms with E-state index in [1.807, 2.05) is 4.98 Å². The number of halogens is 5. The predicted molar refractivity (Wildman–Crippen MR) is 172 cm³/mol. The third kappa shape index (κ3) is 5.76. The Labute approximate surface area is 287 Å². The lowest BCUT2D eigenvalue weighted by molar-refractivity contribution is -0.125. The number of phenolic OH excluding ortho intramolecular Hbond substituents is 1. The van der Waals surface area contributed by atoms with Gasteiger partial charge in [-0.1, -0.05) is 41.0 Å². The third-order valence-electron chi connectivity index (χ3n) is 9.16. The second-order valence-electron chi connectivity index (χ2n) is 12.0. The van der Waals surface area contributed by atoms with Crippen molar-refractivity contribution in [3.63, 3.8) is 0 Å². The number of phenols is 1. The molecule has 1 saturated carbocycles. The number of rotatable bonds is 7. The minimum absolute atomic E-state index is 0.00216. The van der Waals surface area contributed by atoms with Crippen LogP contribution in [-0.4, -0.2) is 38.5 Å². The SMILES string of the molecule is Cc1c(O)c(N2CCCC3(CC3)C2=O)cc2c1C(CC#N)N(C(=O)c1c(Sc3c(Cl)ccc(CO)c3Cl)cc(C(F)(F)Cl)[nH]c1=O)C2. The van der Waals surface area contributed by atoms with Crippen molar-refractivity contribution >= 4 is 64.1 Å². The van der Waals surface area contributed by atoms with Crippen molar-refractivity contribution in [3.05, 3.63) is 78.2 Å². The number of aromatic amines is 1. The van der Waals surface area contributed by atoms with Gasteiger partial charge in [0.25, 0.3) is 11.5 Å². The van der Waals surface area contributed by atoms with Crippen molar-refractivity contribution < 1.29 is 28.6 Å². The normalized spacial score (nSPS) is 18.4. The van der Waals surface area contributed by atoms with Crippen LogP contribution in [0.2, 0.25) is 10.0 Å². The van der Waals surface area contributed by atoms with E-state index in [-0.39, 0.29) is 50.0 Å².